The van der Waals surface area contributed by atoms with Gasteiger partial charge in [-0.1, -0.05) is 29.3 Å². The van der Waals surface area contributed by atoms with E-state index in [4.69, 9.17) is 34.0 Å². The SMILES string of the molecule is NC(=O)CC[C@@H](NC(=O)c1c(Cl)cccc1Cl)C(=O)O. The lowest BCUT2D eigenvalue weighted by Gasteiger charge is -2.15. The second kappa shape index (κ2) is 7.12. The summed E-state index contributed by atoms with van der Waals surface area (Å²) in [5.74, 6) is -2.65. The molecule has 20 heavy (non-hydrogen) atoms. The fraction of sp³-hybridized carbons (Fsp3) is 0.250. The van der Waals surface area contributed by atoms with Gasteiger partial charge in [-0.15, -0.1) is 0 Å². The molecule has 0 aliphatic carbocycles. The van der Waals surface area contributed by atoms with Crippen molar-refractivity contribution in [1.82, 2.24) is 5.32 Å². The van der Waals surface area contributed by atoms with Crippen LogP contribution in [0.3, 0.4) is 0 Å². The lowest BCUT2D eigenvalue weighted by molar-refractivity contribution is -0.139. The molecule has 0 aliphatic rings. The van der Waals surface area contributed by atoms with E-state index in [0.717, 1.165) is 0 Å². The highest BCUT2D eigenvalue weighted by molar-refractivity contribution is 6.39. The lowest BCUT2D eigenvalue weighted by Crippen LogP contribution is -2.41. The molecule has 0 fully saturated rings. The number of rotatable bonds is 6. The topological polar surface area (TPSA) is 109 Å². The van der Waals surface area contributed by atoms with Gasteiger partial charge >= 0.3 is 5.97 Å². The molecule has 0 aliphatic heterocycles. The molecule has 1 rings (SSSR count). The number of carbonyl (C=O) groups excluding carboxylic acids is 2. The summed E-state index contributed by atoms with van der Waals surface area (Å²) in [4.78, 5) is 33.7. The van der Waals surface area contributed by atoms with Crippen LogP contribution in [0.1, 0.15) is 23.2 Å². The largest absolute Gasteiger partial charge is 0.480 e. The molecule has 0 saturated heterocycles. The highest BCUT2D eigenvalue weighted by atomic mass is 35.5. The van der Waals surface area contributed by atoms with Crippen molar-refractivity contribution in [3.8, 4) is 0 Å². The van der Waals surface area contributed by atoms with Crippen LogP contribution in [0.4, 0.5) is 0 Å². The first-order valence-corrected chi connectivity index (χ1v) is 6.34. The summed E-state index contributed by atoms with van der Waals surface area (Å²) in [7, 11) is 0. The molecule has 0 radical (unpaired) electrons. The molecule has 8 heteroatoms. The zero-order chi connectivity index (χ0) is 15.3. The fourth-order valence-corrected chi connectivity index (χ4v) is 2.06. The zero-order valence-corrected chi connectivity index (χ0v) is 11.7. The van der Waals surface area contributed by atoms with Gasteiger partial charge in [0.2, 0.25) is 5.91 Å². The third-order valence-electron chi connectivity index (χ3n) is 2.47. The van der Waals surface area contributed by atoms with Gasteiger partial charge in [0.15, 0.2) is 0 Å². The average Bonchev–Trinajstić information content (AvgIpc) is 2.33. The van der Waals surface area contributed by atoms with Crippen LogP contribution in [0.2, 0.25) is 10.0 Å². The number of nitrogens with two attached hydrogens (primary N) is 1. The van der Waals surface area contributed by atoms with Crippen molar-refractivity contribution in [2.45, 2.75) is 18.9 Å². The van der Waals surface area contributed by atoms with E-state index in [0.29, 0.717) is 0 Å². The van der Waals surface area contributed by atoms with Crippen molar-refractivity contribution in [3.63, 3.8) is 0 Å². The Morgan fingerprint density at radius 3 is 2.25 bits per heavy atom. The normalized spacial score (nSPS) is 11.7. The summed E-state index contributed by atoms with van der Waals surface area (Å²) in [5, 5.41) is 11.5. The predicted molar refractivity (Wildman–Crippen MR) is 73.8 cm³/mol. The van der Waals surface area contributed by atoms with Gasteiger partial charge in [-0.25, -0.2) is 4.79 Å². The van der Waals surface area contributed by atoms with Gasteiger partial charge in [0.25, 0.3) is 5.91 Å². The first-order valence-electron chi connectivity index (χ1n) is 5.59. The molecular weight excluding hydrogens is 307 g/mol. The van der Waals surface area contributed by atoms with Crippen molar-refractivity contribution in [2.24, 2.45) is 5.73 Å². The van der Waals surface area contributed by atoms with Crippen LogP contribution in [0, 0.1) is 0 Å². The Balaban J connectivity index is 2.86. The number of primary amides is 1. The van der Waals surface area contributed by atoms with Crippen LogP contribution >= 0.6 is 23.2 Å². The van der Waals surface area contributed by atoms with Gasteiger partial charge in [-0.3, -0.25) is 9.59 Å². The molecule has 0 bridgehead atoms. The summed E-state index contributed by atoms with van der Waals surface area (Å²) in [6.45, 7) is 0. The number of nitrogens with one attached hydrogen (secondary N) is 1. The van der Waals surface area contributed by atoms with Crippen LogP contribution in [0.5, 0.6) is 0 Å². The van der Waals surface area contributed by atoms with Crippen LogP contribution in [-0.2, 0) is 9.59 Å². The maximum absolute atomic E-state index is 12.0. The Labute approximate surface area is 124 Å². The molecule has 2 amide bonds. The van der Waals surface area contributed by atoms with E-state index in [1.165, 1.54) is 12.1 Å². The summed E-state index contributed by atoms with van der Waals surface area (Å²) >= 11 is 11.7. The third kappa shape index (κ3) is 4.40. The minimum atomic E-state index is -1.28. The predicted octanol–water partition coefficient (Wildman–Crippen LogP) is 1.44. The molecule has 1 atom stereocenters. The Hall–Kier alpha value is -1.79. The first-order chi connectivity index (χ1) is 9.32. The standard InChI is InChI=1S/C12H12Cl2N2O4/c13-6-2-1-3-7(14)10(6)11(18)16-8(12(19)20)4-5-9(15)17/h1-3,8H,4-5H2,(H2,15,17)(H,16,18)(H,19,20)/t8-/m1/s1. The zero-order valence-electron chi connectivity index (χ0n) is 10.2. The highest BCUT2D eigenvalue weighted by Gasteiger charge is 2.23. The minimum absolute atomic E-state index is 0.0128. The van der Waals surface area contributed by atoms with E-state index in [1.807, 2.05) is 0 Å². The molecule has 0 spiro atoms. The second-order valence-electron chi connectivity index (χ2n) is 3.97. The second-order valence-corrected chi connectivity index (χ2v) is 4.78. The average molecular weight is 319 g/mol. The number of amides is 2. The van der Waals surface area contributed by atoms with Gasteiger partial charge in [0, 0.05) is 6.42 Å². The molecule has 0 aromatic heterocycles. The number of carbonyl (C=O) groups is 3. The number of hydrogen-bond donors (Lipinski definition) is 3. The molecule has 4 N–H and O–H groups in total. The maximum atomic E-state index is 12.0. The molecule has 0 unspecified atom stereocenters. The molecule has 1 aromatic carbocycles. The summed E-state index contributed by atoms with van der Waals surface area (Å²) < 4.78 is 0. The monoisotopic (exact) mass is 318 g/mol. The quantitative estimate of drug-likeness (QED) is 0.737. The van der Waals surface area contributed by atoms with E-state index >= 15 is 0 Å². The van der Waals surface area contributed by atoms with E-state index in [9.17, 15) is 14.4 Å². The number of carboxylic acids is 1. The molecule has 0 saturated carbocycles. The van der Waals surface area contributed by atoms with Crippen molar-refractivity contribution in [2.75, 3.05) is 0 Å². The molecular formula is C12H12Cl2N2O4. The number of hydrogen-bond acceptors (Lipinski definition) is 3. The van der Waals surface area contributed by atoms with Crippen LogP contribution in [-0.4, -0.2) is 28.9 Å². The van der Waals surface area contributed by atoms with Crippen molar-refractivity contribution >= 4 is 41.0 Å². The fourth-order valence-electron chi connectivity index (χ4n) is 1.49. The first kappa shape index (κ1) is 16.3. The van der Waals surface area contributed by atoms with Crippen molar-refractivity contribution < 1.29 is 19.5 Å². The van der Waals surface area contributed by atoms with Crippen LogP contribution < -0.4 is 11.1 Å². The van der Waals surface area contributed by atoms with E-state index in [-0.39, 0.29) is 28.5 Å². The Morgan fingerprint density at radius 1 is 1.25 bits per heavy atom. The summed E-state index contributed by atoms with van der Waals surface area (Å²) in [6, 6.07) is 3.23. The smallest absolute Gasteiger partial charge is 0.326 e. The van der Waals surface area contributed by atoms with Crippen molar-refractivity contribution in [3.05, 3.63) is 33.8 Å². The Morgan fingerprint density at radius 2 is 1.80 bits per heavy atom. The minimum Gasteiger partial charge on any atom is -0.480 e. The van der Waals surface area contributed by atoms with E-state index in [1.54, 1.807) is 6.07 Å². The lowest BCUT2D eigenvalue weighted by atomic mass is 10.1. The maximum Gasteiger partial charge on any atom is 0.326 e. The number of benzene rings is 1. The third-order valence-corrected chi connectivity index (χ3v) is 3.10. The van der Waals surface area contributed by atoms with E-state index in [2.05, 4.69) is 5.32 Å². The van der Waals surface area contributed by atoms with Crippen LogP contribution in [0.15, 0.2) is 18.2 Å². The number of halogens is 2. The number of aliphatic carboxylic acids is 1. The van der Waals surface area contributed by atoms with Gasteiger partial charge < -0.3 is 16.2 Å². The number of carboxylic acid groups (broad SMARTS) is 1. The highest BCUT2D eigenvalue weighted by Crippen LogP contribution is 2.24. The summed E-state index contributed by atoms with van der Waals surface area (Å²) in [6.07, 6.45) is -0.272. The van der Waals surface area contributed by atoms with Gasteiger partial charge in [-0.05, 0) is 18.6 Å². The van der Waals surface area contributed by atoms with Gasteiger partial charge in [0.05, 0.1) is 15.6 Å². The summed E-state index contributed by atoms with van der Waals surface area (Å²) in [5.41, 5.74) is 4.93. The van der Waals surface area contributed by atoms with Crippen molar-refractivity contribution in [1.29, 1.82) is 0 Å². The van der Waals surface area contributed by atoms with Gasteiger partial charge in [-0.2, -0.15) is 0 Å². The van der Waals surface area contributed by atoms with Crippen LogP contribution in [0.25, 0.3) is 0 Å². The van der Waals surface area contributed by atoms with Gasteiger partial charge in [0.1, 0.15) is 6.04 Å². The Kier molecular flexibility index (Phi) is 5.79. The molecule has 108 valence electrons. The Bertz CT molecular complexity index is 528. The molecule has 0 heterocycles. The molecule has 1 aromatic rings. The van der Waals surface area contributed by atoms with E-state index < -0.39 is 23.8 Å². The molecule has 6 nitrogen and oxygen atoms in total.